The molecule has 0 fully saturated rings. The molecule has 1 aliphatic rings. The number of nitrogens with one attached hydrogen (secondary N) is 1. The zero-order valence-electron chi connectivity index (χ0n) is 10.7. The first-order valence-electron chi connectivity index (χ1n) is 5.86. The minimum atomic E-state index is -4.47. The van der Waals surface area contributed by atoms with Crippen LogP contribution >= 0.6 is 0 Å². The molecule has 0 saturated carbocycles. The van der Waals surface area contributed by atoms with Crippen LogP contribution in [0, 0.1) is 0 Å². The van der Waals surface area contributed by atoms with E-state index >= 15 is 0 Å². The van der Waals surface area contributed by atoms with E-state index in [1.165, 1.54) is 18.2 Å². The van der Waals surface area contributed by atoms with Crippen LogP contribution in [0.5, 0.6) is 0 Å². The van der Waals surface area contributed by atoms with Crippen molar-refractivity contribution in [2.45, 2.75) is 4.90 Å². The predicted octanol–water partition coefficient (Wildman–Crippen LogP) is -0.410. The Morgan fingerprint density at radius 2 is 1.86 bits per heavy atom. The lowest BCUT2D eigenvalue weighted by Crippen LogP contribution is -2.34. The third kappa shape index (κ3) is 3.10. The van der Waals surface area contributed by atoms with Crippen molar-refractivity contribution in [1.82, 2.24) is 4.90 Å². The molecule has 0 aliphatic carbocycles. The van der Waals surface area contributed by atoms with E-state index in [4.69, 9.17) is 9.66 Å². The topological polar surface area (TPSA) is 124 Å². The van der Waals surface area contributed by atoms with Crippen LogP contribution in [0.2, 0.25) is 0 Å². The zero-order valence-corrected chi connectivity index (χ0v) is 11.5. The second kappa shape index (κ2) is 5.64. The number of aliphatic hydroxyl groups excluding tert-OH is 1. The van der Waals surface area contributed by atoms with Crippen LogP contribution in [-0.2, 0) is 19.7 Å². The molecule has 3 N–H and O–H groups in total. The van der Waals surface area contributed by atoms with Crippen LogP contribution in [-0.4, -0.2) is 47.9 Å². The number of amides is 2. The summed E-state index contributed by atoms with van der Waals surface area (Å²) in [6, 6.07) is 5.41. The Morgan fingerprint density at radius 3 is 2.48 bits per heavy atom. The van der Waals surface area contributed by atoms with Crippen molar-refractivity contribution < 1.29 is 27.7 Å². The molecule has 0 spiro atoms. The second-order valence-electron chi connectivity index (χ2n) is 4.17. The highest BCUT2D eigenvalue weighted by molar-refractivity contribution is 7.86. The van der Waals surface area contributed by atoms with E-state index < -0.39 is 26.8 Å². The number of carbonyl (C=O) groups excluding carboxylic acids is 2. The minimum absolute atomic E-state index is 0.0294. The lowest BCUT2D eigenvalue weighted by atomic mass is 10.3. The van der Waals surface area contributed by atoms with Gasteiger partial charge in [0, 0.05) is 6.08 Å². The molecule has 0 bridgehead atoms. The molecule has 2 amide bonds. The maximum Gasteiger partial charge on any atom is 0.296 e. The summed E-state index contributed by atoms with van der Waals surface area (Å²) in [6.07, 6.45) is 0.999. The molecule has 1 aromatic carbocycles. The summed E-state index contributed by atoms with van der Waals surface area (Å²) in [5.41, 5.74) is -0.164. The van der Waals surface area contributed by atoms with Crippen molar-refractivity contribution in [2.24, 2.45) is 0 Å². The van der Waals surface area contributed by atoms with Gasteiger partial charge in [-0.1, -0.05) is 12.1 Å². The molecule has 1 aromatic rings. The van der Waals surface area contributed by atoms with Crippen molar-refractivity contribution >= 4 is 27.6 Å². The molecule has 112 valence electrons. The van der Waals surface area contributed by atoms with Crippen LogP contribution in [0.1, 0.15) is 0 Å². The minimum Gasteiger partial charge on any atom is -0.395 e. The molecule has 2 rings (SSSR count). The van der Waals surface area contributed by atoms with E-state index in [0.29, 0.717) is 0 Å². The molecule has 1 heterocycles. The van der Waals surface area contributed by atoms with Gasteiger partial charge in [0.1, 0.15) is 10.6 Å². The summed E-state index contributed by atoms with van der Waals surface area (Å²) < 4.78 is 31.6. The van der Waals surface area contributed by atoms with E-state index in [9.17, 15) is 18.0 Å². The van der Waals surface area contributed by atoms with Crippen molar-refractivity contribution in [3.8, 4) is 0 Å². The van der Waals surface area contributed by atoms with E-state index in [0.717, 1.165) is 17.0 Å². The summed E-state index contributed by atoms with van der Waals surface area (Å²) in [6.45, 7) is -0.528. The zero-order chi connectivity index (χ0) is 15.6. The normalized spacial score (nSPS) is 15.3. The second-order valence-corrected chi connectivity index (χ2v) is 5.56. The number of anilines is 1. The molecule has 21 heavy (non-hydrogen) atoms. The highest BCUT2D eigenvalue weighted by Crippen LogP contribution is 2.24. The molecule has 0 aromatic heterocycles. The van der Waals surface area contributed by atoms with Gasteiger partial charge in [0.2, 0.25) is 0 Å². The van der Waals surface area contributed by atoms with E-state index in [1.54, 1.807) is 0 Å². The number of para-hydroxylation sites is 1. The van der Waals surface area contributed by atoms with Gasteiger partial charge in [0.25, 0.3) is 21.9 Å². The van der Waals surface area contributed by atoms with E-state index in [2.05, 4.69) is 5.32 Å². The number of rotatable bonds is 5. The standard InChI is InChI=1S/C12H12N2O6S/c15-6-5-14-11(16)7-9(12(14)17)13-8-3-1-2-4-10(8)21(18,19)20/h1-4,7,13,15H,5-6H2,(H,18,19,20). The first-order valence-corrected chi connectivity index (χ1v) is 7.30. The van der Waals surface area contributed by atoms with Gasteiger partial charge in [-0.05, 0) is 12.1 Å². The summed E-state index contributed by atoms with van der Waals surface area (Å²) in [4.78, 5) is 23.9. The van der Waals surface area contributed by atoms with Crippen molar-refractivity contribution in [1.29, 1.82) is 0 Å². The number of imide groups is 1. The smallest absolute Gasteiger partial charge is 0.296 e. The Bertz CT molecular complexity index is 725. The van der Waals surface area contributed by atoms with Crippen molar-refractivity contribution in [3.63, 3.8) is 0 Å². The molecular formula is C12H12N2O6S. The number of β-amino-alcohol motifs (C(OH)–C–C–N with tert-alkyl or cyclic N) is 1. The number of benzene rings is 1. The summed E-state index contributed by atoms with van der Waals surface area (Å²) in [5, 5.41) is 11.3. The van der Waals surface area contributed by atoms with E-state index in [1.807, 2.05) is 0 Å². The molecule has 1 aliphatic heterocycles. The third-order valence-electron chi connectivity index (χ3n) is 2.77. The highest BCUT2D eigenvalue weighted by atomic mass is 32.2. The number of nitrogens with zero attached hydrogens (tertiary/aromatic N) is 1. The van der Waals surface area contributed by atoms with Gasteiger partial charge in [-0.25, -0.2) is 0 Å². The van der Waals surface area contributed by atoms with Gasteiger partial charge < -0.3 is 10.4 Å². The van der Waals surface area contributed by atoms with Gasteiger partial charge >= 0.3 is 0 Å². The predicted molar refractivity (Wildman–Crippen MR) is 71.8 cm³/mol. The maximum atomic E-state index is 11.9. The molecule has 0 radical (unpaired) electrons. The van der Waals surface area contributed by atoms with Gasteiger partial charge in [-0.15, -0.1) is 0 Å². The van der Waals surface area contributed by atoms with Crippen LogP contribution in [0.25, 0.3) is 0 Å². The van der Waals surface area contributed by atoms with Crippen LogP contribution in [0.3, 0.4) is 0 Å². The molecule has 9 heteroatoms. The lowest BCUT2D eigenvalue weighted by Gasteiger charge is -2.14. The summed E-state index contributed by atoms with van der Waals surface area (Å²) in [7, 11) is -4.47. The fraction of sp³-hybridized carbons (Fsp3) is 0.167. The monoisotopic (exact) mass is 312 g/mol. The number of aliphatic hydroxyl groups is 1. The summed E-state index contributed by atoms with van der Waals surface area (Å²) in [5.74, 6) is -1.29. The average molecular weight is 312 g/mol. The quantitative estimate of drug-likeness (QED) is 0.498. The lowest BCUT2D eigenvalue weighted by molar-refractivity contribution is -0.137. The first-order chi connectivity index (χ1) is 9.84. The molecule has 0 unspecified atom stereocenters. The Labute approximate surface area is 120 Å². The van der Waals surface area contributed by atoms with Gasteiger partial charge in [0.05, 0.1) is 18.8 Å². The average Bonchev–Trinajstić information content (AvgIpc) is 2.66. The first kappa shape index (κ1) is 15.2. The highest BCUT2D eigenvalue weighted by Gasteiger charge is 2.31. The van der Waals surface area contributed by atoms with E-state index in [-0.39, 0.29) is 24.5 Å². The Morgan fingerprint density at radius 1 is 1.19 bits per heavy atom. The number of hydrogen-bond donors (Lipinski definition) is 3. The number of carbonyl (C=O) groups is 2. The van der Waals surface area contributed by atoms with Crippen LogP contribution < -0.4 is 5.32 Å². The summed E-state index contributed by atoms with van der Waals surface area (Å²) >= 11 is 0. The fourth-order valence-corrected chi connectivity index (χ4v) is 2.50. The van der Waals surface area contributed by atoms with Gasteiger partial charge in [-0.3, -0.25) is 19.0 Å². The largest absolute Gasteiger partial charge is 0.395 e. The molecule has 8 nitrogen and oxygen atoms in total. The SMILES string of the molecule is O=C1C=C(Nc2ccccc2S(=O)(=O)O)C(=O)N1CCO. The fourth-order valence-electron chi connectivity index (χ4n) is 1.85. The Hall–Kier alpha value is -2.23. The Kier molecular flexibility index (Phi) is 4.07. The molecular weight excluding hydrogens is 300 g/mol. The van der Waals surface area contributed by atoms with Gasteiger partial charge in [0.15, 0.2) is 0 Å². The Balaban J connectivity index is 2.31. The van der Waals surface area contributed by atoms with Crippen molar-refractivity contribution in [3.05, 3.63) is 36.0 Å². The maximum absolute atomic E-state index is 11.9. The van der Waals surface area contributed by atoms with Crippen molar-refractivity contribution in [2.75, 3.05) is 18.5 Å². The third-order valence-corrected chi connectivity index (χ3v) is 3.68. The molecule has 0 saturated heterocycles. The van der Waals surface area contributed by atoms with Gasteiger partial charge in [-0.2, -0.15) is 8.42 Å². The van der Waals surface area contributed by atoms with Crippen LogP contribution in [0.4, 0.5) is 5.69 Å². The molecule has 0 atom stereocenters. The van der Waals surface area contributed by atoms with Crippen LogP contribution in [0.15, 0.2) is 40.9 Å². The number of hydrogen-bond acceptors (Lipinski definition) is 6.